The molecule has 0 unspecified atom stereocenters. The molecule has 0 amide bonds. The van der Waals surface area contributed by atoms with E-state index >= 15 is 0 Å². The van der Waals surface area contributed by atoms with Crippen LogP contribution in [0.2, 0.25) is 0 Å². The molecule has 0 radical (unpaired) electrons. The fourth-order valence-electron chi connectivity index (χ4n) is 2.34. The summed E-state index contributed by atoms with van der Waals surface area (Å²) in [6, 6.07) is 4.14. The first-order valence-corrected chi connectivity index (χ1v) is 5.87. The minimum absolute atomic E-state index is 0.111. The van der Waals surface area contributed by atoms with E-state index in [4.69, 9.17) is 10.8 Å². The topological polar surface area (TPSA) is 137 Å². The number of nitrogens with two attached hydrogens (primary N) is 1. The molecule has 3 N–H and O–H groups in total. The highest BCUT2D eigenvalue weighted by molar-refractivity contribution is 6.12. The highest BCUT2D eigenvalue weighted by Gasteiger charge is 2.19. The highest BCUT2D eigenvalue weighted by atomic mass is 16.6. The number of benzene rings is 1. The van der Waals surface area contributed by atoms with Gasteiger partial charge in [-0.05, 0) is 6.07 Å². The second-order valence-corrected chi connectivity index (χ2v) is 4.40. The van der Waals surface area contributed by atoms with Gasteiger partial charge in [0.1, 0.15) is 24.3 Å². The summed E-state index contributed by atoms with van der Waals surface area (Å²) in [4.78, 5) is 29.3. The number of hydrogen-bond donors (Lipinski definition) is 2. The van der Waals surface area contributed by atoms with Crippen molar-refractivity contribution in [3.8, 4) is 0 Å². The van der Waals surface area contributed by atoms with Gasteiger partial charge in [0.15, 0.2) is 0 Å². The molecule has 0 spiro atoms. The molecule has 1 aromatic carbocycles. The Bertz CT molecular complexity index is 901. The number of nitrogens with zero attached hydrogens (tertiary/aromatic N) is 4. The van der Waals surface area contributed by atoms with Crippen molar-refractivity contribution >= 4 is 39.4 Å². The Morgan fingerprint density at radius 1 is 1.43 bits per heavy atom. The number of hydrogen-bond acceptors (Lipinski definition) is 6. The fourth-order valence-corrected chi connectivity index (χ4v) is 2.34. The molecular formula is C12H9N5O4. The third kappa shape index (κ3) is 1.91. The Hall–Kier alpha value is -3.23. The average molecular weight is 287 g/mol. The number of carboxylic acid groups (broad SMARTS) is 1. The molecule has 9 heteroatoms. The third-order valence-corrected chi connectivity index (χ3v) is 3.16. The van der Waals surface area contributed by atoms with Crippen LogP contribution in [-0.2, 0) is 11.3 Å². The summed E-state index contributed by atoms with van der Waals surface area (Å²) in [7, 11) is 0. The Balaban J connectivity index is 2.46. The molecule has 0 aliphatic heterocycles. The van der Waals surface area contributed by atoms with E-state index in [1.54, 1.807) is 0 Å². The van der Waals surface area contributed by atoms with Crippen LogP contribution in [0, 0.1) is 10.1 Å². The second kappa shape index (κ2) is 4.40. The molecule has 0 atom stereocenters. The summed E-state index contributed by atoms with van der Waals surface area (Å²) in [5.41, 5.74) is 6.54. The van der Waals surface area contributed by atoms with E-state index in [1.807, 2.05) is 0 Å². The van der Waals surface area contributed by atoms with Crippen molar-refractivity contribution in [3.05, 3.63) is 34.6 Å². The van der Waals surface area contributed by atoms with Crippen LogP contribution in [0.15, 0.2) is 24.5 Å². The normalized spacial score (nSPS) is 11.0. The van der Waals surface area contributed by atoms with Crippen molar-refractivity contribution in [2.24, 2.45) is 0 Å². The Labute approximate surface area is 116 Å². The SMILES string of the molecule is Nc1ncnc2c1c1cc([N+](=O)[O-])ccc1n2CC(=O)O. The summed E-state index contributed by atoms with van der Waals surface area (Å²) in [6.45, 7) is -0.325. The minimum atomic E-state index is -1.05. The molecule has 106 valence electrons. The number of nitrogen functional groups attached to an aromatic ring is 1. The van der Waals surface area contributed by atoms with Gasteiger partial charge in [-0.1, -0.05) is 0 Å². The van der Waals surface area contributed by atoms with Crippen LogP contribution in [-0.4, -0.2) is 30.5 Å². The Morgan fingerprint density at radius 3 is 2.86 bits per heavy atom. The zero-order valence-corrected chi connectivity index (χ0v) is 10.6. The highest BCUT2D eigenvalue weighted by Crippen LogP contribution is 2.32. The van der Waals surface area contributed by atoms with E-state index in [0.717, 1.165) is 0 Å². The van der Waals surface area contributed by atoms with E-state index in [-0.39, 0.29) is 18.1 Å². The third-order valence-electron chi connectivity index (χ3n) is 3.16. The predicted molar refractivity (Wildman–Crippen MR) is 73.7 cm³/mol. The van der Waals surface area contributed by atoms with Crippen molar-refractivity contribution in [3.63, 3.8) is 0 Å². The van der Waals surface area contributed by atoms with Crippen LogP contribution in [0.25, 0.3) is 21.9 Å². The van der Waals surface area contributed by atoms with Crippen molar-refractivity contribution in [1.29, 1.82) is 0 Å². The molecule has 2 heterocycles. The summed E-state index contributed by atoms with van der Waals surface area (Å²) in [6.07, 6.45) is 1.23. The molecule has 0 aliphatic carbocycles. The molecule has 2 aromatic heterocycles. The Kier molecular flexibility index (Phi) is 2.68. The summed E-state index contributed by atoms with van der Waals surface area (Å²) in [5, 5.41) is 20.8. The standard InChI is InChI=1S/C12H9N5O4/c13-11-10-7-3-6(17(20)21)1-2-8(7)16(4-9(18)19)12(10)15-5-14-11/h1-3,5H,4H2,(H,18,19)(H2,13,14,15). The maximum Gasteiger partial charge on any atom is 0.323 e. The van der Waals surface area contributed by atoms with Crippen molar-refractivity contribution in [2.75, 3.05) is 5.73 Å². The van der Waals surface area contributed by atoms with Gasteiger partial charge in [-0.25, -0.2) is 9.97 Å². The van der Waals surface area contributed by atoms with E-state index in [1.165, 1.54) is 29.1 Å². The molecule has 3 rings (SSSR count). The molecule has 0 bridgehead atoms. The summed E-state index contributed by atoms with van der Waals surface area (Å²) >= 11 is 0. The average Bonchev–Trinajstić information content (AvgIpc) is 2.73. The molecule has 21 heavy (non-hydrogen) atoms. The monoisotopic (exact) mass is 287 g/mol. The molecular weight excluding hydrogens is 278 g/mol. The zero-order valence-electron chi connectivity index (χ0n) is 10.6. The number of nitro groups is 1. The van der Waals surface area contributed by atoms with Crippen molar-refractivity contribution < 1.29 is 14.8 Å². The van der Waals surface area contributed by atoms with Gasteiger partial charge in [-0.3, -0.25) is 14.9 Å². The molecule has 0 saturated carbocycles. The van der Waals surface area contributed by atoms with Crippen molar-refractivity contribution in [2.45, 2.75) is 6.54 Å². The van der Waals surface area contributed by atoms with Crippen LogP contribution in [0.3, 0.4) is 0 Å². The van der Waals surface area contributed by atoms with Crippen LogP contribution < -0.4 is 5.73 Å². The summed E-state index contributed by atoms with van der Waals surface area (Å²) < 4.78 is 1.44. The maximum absolute atomic E-state index is 11.0. The molecule has 0 fully saturated rings. The van der Waals surface area contributed by atoms with E-state index in [2.05, 4.69) is 9.97 Å². The number of non-ortho nitro benzene ring substituents is 1. The predicted octanol–water partition coefficient (Wildman–Crippen LogP) is 1.16. The lowest BCUT2D eigenvalue weighted by molar-refractivity contribution is -0.384. The van der Waals surface area contributed by atoms with Crippen LogP contribution in [0.5, 0.6) is 0 Å². The van der Waals surface area contributed by atoms with Gasteiger partial charge in [0.05, 0.1) is 15.8 Å². The van der Waals surface area contributed by atoms with Gasteiger partial charge >= 0.3 is 5.97 Å². The van der Waals surface area contributed by atoms with Crippen LogP contribution >= 0.6 is 0 Å². The molecule has 0 aliphatic rings. The first kappa shape index (κ1) is 12.8. The van der Waals surface area contributed by atoms with E-state index in [9.17, 15) is 14.9 Å². The number of nitro benzene ring substituents is 1. The lowest BCUT2D eigenvalue weighted by Gasteiger charge is -2.02. The van der Waals surface area contributed by atoms with Crippen molar-refractivity contribution in [1.82, 2.24) is 14.5 Å². The van der Waals surface area contributed by atoms with Gasteiger partial charge in [0.2, 0.25) is 0 Å². The maximum atomic E-state index is 11.0. The number of rotatable bonds is 3. The smallest absolute Gasteiger partial charge is 0.323 e. The minimum Gasteiger partial charge on any atom is -0.480 e. The number of carbonyl (C=O) groups is 1. The first-order valence-electron chi connectivity index (χ1n) is 5.87. The van der Waals surface area contributed by atoms with Gasteiger partial charge in [-0.15, -0.1) is 0 Å². The van der Waals surface area contributed by atoms with E-state index < -0.39 is 10.9 Å². The molecule has 9 nitrogen and oxygen atoms in total. The Morgan fingerprint density at radius 2 is 2.19 bits per heavy atom. The van der Waals surface area contributed by atoms with Crippen LogP contribution in [0.1, 0.15) is 0 Å². The van der Waals surface area contributed by atoms with Gasteiger partial charge in [0.25, 0.3) is 5.69 Å². The first-order chi connectivity index (χ1) is 9.99. The summed E-state index contributed by atoms with van der Waals surface area (Å²) in [5.74, 6) is -0.904. The lowest BCUT2D eigenvalue weighted by Crippen LogP contribution is -2.09. The number of aliphatic carboxylic acids is 1. The largest absolute Gasteiger partial charge is 0.480 e. The van der Waals surface area contributed by atoms with Gasteiger partial charge in [-0.2, -0.15) is 0 Å². The second-order valence-electron chi connectivity index (χ2n) is 4.40. The number of aromatic nitrogens is 3. The molecule has 0 saturated heterocycles. The quantitative estimate of drug-likeness (QED) is 0.544. The fraction of sp³-hybridized carbons (Fsp3) is 0.0833. The number of anilines is 1. The molecule has 3 aromatic rings. The van der Waals surface area contributed by atoms with Gasteiger partial charge < -0.3 is 15.4 Å². The van der Waals surface area contributed by atoms with Crippen LogP contribution in [0.4, 0.5) is 11.5 Å². The number of carboxylic acids is 1. The van der Waals surface area contributed by atoms with Gasteiger partial charge in [0, 0.05) is 17.5 Å². The van der Waals surface area contributed by atoms with E-state index in [0.29, 0.717) is 21.9 Å². The number of fused-ring (bicyclic) bond motifs is 3. The zero-order chi connectivity index (χ0) is 15.1. The lowest BCUT2D eigenvalue weighted by atomic mass is 10.2.